The quantitative estimate of drug-likeness (QED) is 0.860. The first kappa shape index (κ1) is 13.8. The Hall–Kier alpha value is -1.60. The molecule has 1 heteroatoms. The van der Waals surface area contributed by atoms with Crippen molar-refractivity contribution < 1.29 is 0 Å². The molecule has 0 amide bonds. The van der Waals surface area contributed by atoms with E-state index < -0.39 is 0 Å². The lowest BCUT2D eigenvalue weighted by atomic mass is 9.88. The van der Waals surface area contributed by atoms with E-state index >= 15 is 0 Å². The van der Waals surface area contributed by atoms with Gasteiger partial charge in [0.15, 0.2) is 0 Å². The number of hydrogen-bond donors (Lipinski definition) is 1. The molecular weight excluding hydrogens is 230 g/mol. The van der Waals surface area contributed by atoms with Crippen LogP contribution in [0.25, 0.3) is 11.1 Å². The smallest absolute Gasteiger partial charge is 0.000577 e. The van der Waals surface area contributed by atoms with Crippen LogP contribution in [0.15, 0.2) is 48.5 Å². The van der Waals surface area contributed by atoms with Gasteiger partial charge in [-0.25, -0.2) is 0 Å². The maximum Gasteiger partial charge on any atom is -0.000577 e. The molecule has 0 fully saturated rings. The Labute approximate surface area is 116 Å². The Bertz CT molecular complexity index is 508. The van der Waals surface area contributed by atoms with Crippen molar-refractivity contribution in [1.82, 2.24) is 0 Å². The Morgan fingerprint density at radius 1 is 0.842 bits per heavy atom. The van der Waals surface area contributed by atoms with Crippen LogP contribution in [0.2, 0.25) is 0 Å². The van der Waals surface area contributed by atoms with E-state index in [1.807, 2.05) is 0 Å². The molecule has 19 heavy (non-hydrogen) atoms. The van der Waals surface area contributed by atoms with Gasteiger partial charge in [-0.2, -0.15) is 0 Å². The summed E-state index contributed by atoms with van der Waals surface area (Å²) in [7, 11) is 0. The predicted molar refractivity (Wildman–Crippen MR) is 83.2 cm³/mol. The predicted octanol–water partition coefficient (Wildman–Crippen LogP) is 4.36. The minimum Gasteiger partial charge on any atom is -0.330 e. The molecule has 2 aromatic rings. The molecule has 0 radical (unpaired) electrons. The average molecular weight is 253 g/mol. The fourth-order valence-corrected chi connectivity index (χ4v) is 2.46. The lowest BCUT2D eigenvalue weighted by Gasteiger charge is -2.19. The van der Waals surface area contributed by atoms with Gasteiger partial charge in [-0.15, -0.1) is 0 Å². The summed E-state index contributed by atoms with van der Waals surface area (Å²) in [4.78, 5) is 0. The average Bonchev–Trinajstić information content (AvgIpc) is 2.41. The van der Waals surface area contributed by atoms with Crippen LogP contribution >= 0.6 is 0 Å². The molecule has 100 valence electrons. The second-order valence-corrected chi connectivity index (χ2v) is 5.57. The molecule has 0 heterocycles. The number of hydrogen-bond acceptors (Lipinski definition) is 1. The first-order valence-electron chi connectivity index (χ1n) is 6.99. The van der Waals surface area contributed by atoms with Crippen LogP contribution in [0.1, 0.15) is 30.9 Å². The van der Waals surface area contributed by atoms with Gasteiger partial charge in [0.05, 0.1) is 0 Å². The highest BCUT2D eigenvalue weighted by Gasteiger charge is 2.13. The number of rotatable bonds is 4. The lowest BCUT2D eigenvalue weighted by Crippen LogP contribution is -2.17. The Balaban J connectivity index is 2.25. The summed E-state index contributed by atoms with van der Waals surface area (Å²) >= 11 is 0. The Kier molecular flexibility index (Phi) is 4.39. The fourth-order valence-electron chi connectivity index (χ4n) is 2.46. The van der Waals surface area contributed by atoms with E-state index in [-0.39, 0.29) is 0 Å². The van der Waals surface area contributed by atoms with Crippen molar-refractivity contribution in [3.05, 3.63) is 59.7 Å². The molecule has 1 atom stereocenters. The summed E-state index contributed by atoms with van der Waals surface area (Å²) in [5, 5.41) is 0. The molecule has 0 aliphatic heterocycles. The molecule has 2 N–H and O–H groups in total. The molecule has 0 aliphatic carbocycles. The SMILES string of the molecule is Cc1ccc(-c2ccc(C(CN)C(C)C)cc2)cc1. The monoisotopic (exact) mass is 253 g/mol. The maximum absolute atomic E-state index is 5.87. The maximum atomic E-state index is 5.87. The molecule has 0 saturated carbocycles. The van der Waals surface area contributed by atoms with E-state index in [4.69, 9.17) is 5.73 Å². The van der Waals surface area contributed by atoms with Crippen LogP contribution in [-0.4, -0.2) is 6.54 Å². The highest BCUT2D eigenvalue weighted by Crippen LogP contribution is 2.26. The largest absolute Gasteiger partial charge is 0.330 e. The second-order valence-electron chi connectivity index (χ2n) is 5.57. The van der Waals surface area contributed by atoms with Crippen LogP contribution < -0.4 is 5.73 Å². The standard InChI is InChI=1S/C18H23N/c1-13(2)18(12-19)17-10-8-16(9-11-17)15-6-4-14(3)5-7-15/h4-11,13,18H,12,19H2,1-3H3. The van der Waals surface area contributed by atoms with Gasteiger partial charge in [0.2, 0.25) is 0 Å². The van der Waals surface area contributed by atoms with Gasteiger partial charge in [-0.1, -0.05) is 67.9 Å². The van der Waals surface area contributed by atoms with Crippen LogP contribution in [0.5, 0.6) is 0 Å². The van der Waals surface area contributed by atoms with Crippen LogP contribution in [0.4, 0.5) is 0 Å². The highest BCUT2D eigenvalue weighted by molar-refractivity contribution is 5.64. The van der Waals surface area contributed by atoms with E-state index in [1.165, 1.54) is 22.3 Å². The van der Waals surface area contributed by atoms with E-state index in [2.05, 4.69) is 69.3 Å². The van der Waals surface area contributed by atoms with Crippen LogP contribution in [-0.2, 0) is 0 Å². The Morgan fingerprint density at radius 3 is 1.74 bits per heavy atom. The van der Waals surface area contributed by atoms with E-state index in [0.29, 0.717) is 18.4 Å². The van der Waals surface area contributed by atoms with Gasteiger partial charge >= 0.3 is 0 Å². The summed E-state index contributed by atoms with van der Waals surface area (Å²) in [5.74, 6) is 1.03. The molecule has 1 unspecified atom stereocenters. The normalized spacial score (nSPS) is 12.7. The van der Waals surface area contributed by atoms with Gasteiger partial charge in [0.1, 0.15) is 0 Å². The zero-order chi connectivity index (χ0) is 13.8. The van der Waals surface area contributed by atoms with Gasteiger partial charge in [0, 0.05) is 0 Å². The van der Waals surface area contributed by atoms with Crippen molar-refractivity contribution >= 4 is 0 Å². The molecule has 2 aromatic carbocycles. The Morgan fingerprint density at radius 2 is 1.32 bits per heavy atom. The van der Waals surface area contributed by atoms with Crippen molar-refractivity contribution in [1.29, 1.82) is 0 Å². The van der Waals surface area contributed by atoms with E-state index in [1.54, 1.807) is 0 Å². The third-order valence-corrected chi connectivity index (χ3v) is 3.78. The number of benzene rings is 2. The number of aryl methyl sites for hydroxylation is 1. The van der Waals surface area contributed by atoms with Gasteiger partial charge < -0.3 is 5.73 Å². The van der Waals surface area contributed by atoms with Crippen molar-refractivity contribution in [3.8, 4) is 11.1 Å². The van der Waals surface area contributed by atoms with Crippen molar-refractivity contribution in [2.45, 2.75) is 26.7 Å². The number of nitrogens with two attached hydrogens (primary N) is 1. The summed E-state index contributed by atoms with van der Waals surface area (Å²) in [6, 6.07) is 17.5. The minimum absolute atomic E-state index is 0.451. The molecule has 0 aliphatic rings. The van der Waals surface area contributed by atoms with Crippen molar-refractivity contribution in [2.24, 2.45) is 11.7 Å². The third kappa shape index (κ3) is 3.24. The van der Waals surface area contributed by atoms with Gasteiger partial charge in [0.25, 0.3) is 0 Å². The molecule has 2 rings (SSSR count). The zero-order valence-electron chi connectivity index (χ0n) is 12.1. The van der Waals surface area contributed by atoms with E-state index in [9.17, 15) is 0 Å². The first-order valence-corrected chi connectivity index (χ1v) is 6.99. The van der Waals surface area contributed by atoms with Crippen LogP contribution in [0, 0.1) is 12.8 Å². The summed E-state index contributed by atoms with van der Waals surface area (Å²) in [6.07, 6.45) is 0. The zero-order valence-corrected chi connectivity index (χ0v) is 12.1. The summed E-state index contributed by atoms with van der Waals surface area (Å²) < 4.78 is 0. The van der Waals surface area contributed by atoms with Gasteiger partial charge in [-0.3, -0.25) is 0 Å². The topological polar surface area (TPSA) is 26.0 Å². The second kappa shape index (κ2) is 6.03. The molecule has 1 nitrogen and oxygen atoms in total. The fraction of sp³-hybridized carbons (Fsp3) is 0.333. The van der Waals surface area contributed by atoms with Crippen LogP contribution in [0.3, 0.4) is 0 Å². The van der Waals surface area contributed by atoms with E-state index in [0.717, 1.165) is 0 Å². The minimum atomic E-state index is 0.451. The van der Waals surface area contributed by atoms with Gasteiger partial charge in [-0.05, 0) is 42.0 Å². The molecular formula is C18H23N. The molecule has 0 spiro atoms. The third-order valence-electron chi connectivity index (χ3n) is 3.78. The molecule has 0 bridgehead atoms. The molecule has 0 aromatic heterocycles. The lowest BCUT2D eigenvalue weighted by molar-refractivity contribution is 0.506. The van der Waals surface area contributed by atoms with Crippen molar-refractivity contribution in [2.75, 3.05) is 6.54 Å². The first-order chi connectivity index (χ1) is 9.11. The molecule has 0 saturated heterocycles. The summed E-state index contributed by atoms with van der Waals surface area (Å²) in [5.41, 5.74) is 11.0. The van der Waals surface area contributed by atoms with Crippen molar-refractivity contribution in [3.63, 3.8) is 0 Å². The summed E-state index contributed by atoms with van der Waals surface area (Å²) in [6.45, 7) is 7.28. The highest BCUT2D eigenvalue weighted by atomic mass is 14.6.